The Morgan fingerprint density at radius 2 is 1.58 bits per heavy atom. The fraction of sp³-hybridized carbons (Fsp3) is 0.462. The Kier molecular flexibility index (Phi) is 4.37. The molecule has 106 valence electrons. The van der Waals surface area contributed by atoms with Crippen LogP contribution in [-0.4, -0.2) is 38.9 Å². The van der Waals surface area contributed by atoms with Gasteiger partial charge in [-0.05, 0) is 45.0 Å². The van der Waals surface area contributed by atoms with Gasteiger partial charge >= 0.3 is 0 Å². The van der Waals surface area contributed by atoms with Crippen LogP contribution < -0.4 is 4.72 Å². The fourth-order valence-electron chi connectivity index (χ4n) is 1.50. The highest BCUT2D eigenvalue weighted by Gasteiger charge is 2.22. The average molecular weight is 284 g/mol. The van der Waals surface area contributed by atoms with Gasteiger partial charge in [0, 0.05) is 25.2 Å². The van der Waals surface area contributed by atoms with Crippen LogP contribution in [0.5, 0.6) is 0 Å². The number of benzene rings is 1. The molecule has 0 saturated carbocycles. The Morgan fingerprint density at radius 3 is 1.95 bits per heavy atom. The molecule has 0 atom stereocenters. The molecule has 0 spiro atoms. The molecular formula is C13H20N2O3S. The van der Waals surface area contributed by atoms with Crippen LogP contribution in [0.1, 0.15) is 31.1 Å². The summed E-state index contributed by atoms with van der Waals surface area (Å²) in [5, 5.41) is 0. The molecule has 0 aliphatic rings. The summed E-state index contributed by atoms with van der Waals surface area (Å²) < 4.78 is 26.7. The molecule has 0 fully saturated rings. The predicted molar refractivity (Wildman–Crippen MR) is 74.5 cm³/mol. The van der Waals surface area contributed by atoms with E-state index in [-0.39, 0.29) is 10.8 Å². The molecule has 1 aromatic carbocycles. The molecule has 1 aromatic rings. The third-order valence-electron chi connectivity index (χ3n) is 2.26. The summed E-state index contributed by atoms with van der Waals surface area (Å²) in [7, 11) is -0.262. The van der Waals surface area contributed by atoms with Crippen molar-refractivity contribution in [1.82, 2.24) is 9.62 Å². The summed E-state index contributed by atoms with van der Waals surface area (Å²) in [5.74, 6) is -0.160. The van der Waals surface area contributed by atoms with Crippen LogP contribution >= 0.6 is 0 Å². The minimum atomic E-state index is -3.56. The second-order valence-corrected chi connectivity index (χ2v) is 7.26. The van der Waals surface area contributed by atoms with Gasteiger partial charge in [-0.3, -0.25) is 4.79 Å². The lowest BCUT2D eigenvalue weighted by atomic mass is 10.1. The zero-order valence-electron chi connectivity index (χ0n) is 11.9. The Labute approximate surface area is 114 Å². The molecule has 19 heavy (non-hydrogen) atoms. The lowest BCUT2D eigenvalue weighted by Gasteiger charge is -2.20. The molecule has 1 N–H and O–H groups in total. The summed E-state index contributed by atoms with van der Waals surface area (Å²) in [4.78, 5) is 13.3. The summed E-state index contributed by atoms with van der Waals surface area (Å²) in [5.41, 5.74) is -0.0866. The van der Waals surface area contributed by atoms with Crippen molar-refractivity contribution in [2.75, 3.05) is 14.1 Å². The zero-order valence-corrected chi connectivity index (χ0v) is 12.7. The van der Waals surface area contributed by atoms with Crippen LogP contribution in [0, 0.1) is 0 Å². The second-order valence-electron chi connectivity index (χ2n) is 5.58. The summed E-state index contributed by atoms with van der Waals surface area (Å²) in [6.07, 6.45) is 0. The molecule has 0 bridgehead atoms. The highest BCUT2D eigenvalue weighted by atomic mass is 32.2. The predicted octanol–water partition coefficient (Wildman–Crippen LogP) is 1.47. The van der Waals surface area contributed by atoms with Gasteiger partial charge in [0.05, 0.1) is 4.90 Å². The molecule has 0 aliphatic heterocycles. The molecule has 0 aliphatic carbocycles. The minimum absolute atomic E-state index is 0.151. The van der Waals surface area contributed by atoms with Crippen molar-refractivity contribution >= 4 is 15.9 Å². The summed E-state index contributed by atoms with van der Waals surface area (Å²) in [6.45, 7) is 5.32. The Bertz CT molecular complexity index is 555. The van der Waals surface area contributed by atoms with E-state index in [2.05, 4.69) is 4.72 Å². The highest BCUT2D eigenvalue weighted by Crippen LogP contribution is 2.14. The van der Waals surface area contributed by atoms with Crippen molar-refractivity contribution < 1.29 is 13.2 Å². The van der Waals surface area contributed by atoms with Gasteiger partial charge in [-0.15, -0.1) is 0 Å². The number of hydrogen-bond donors (Lipinski definition) is 1. The Balaban J connectivity index is 3.03. The highest BCUT2D eigenvalue weighted by molar-refractivity contribution is 7.89. The van der Waals surface area contributed by atoms with E-state index < -0.39 is 15.6 Å². The first-order valence-corrected chi connectivity index (χ1v) is 7.37. The minimum Gasteiger partial charge on any atom is -0.345 e. The molecule has 6 heteroatoms. The maximum Gasteiger partial charge on any atom is 0.253 e. The molecule has 0 heterocycles. The van der Waals surface area contributed by atoms with Crippen LogP contribution in [0.25, 0.3) is 0 Å². The normalized spacial score (nSPS) is 12.3. The van der Waals surface area contributed by atoms with Gasteiger partial charge in [-0.2, -0.15) is 0 Å². The van der Waals surface area contributed by atoms with E-state index in [4.69, 9.17) is 0 Å². The van der Waals surface area contributed by atoms with Crippen molar-refractivity contribution in [2.45, 2.75) is 31.2 Å². The molecule has 0 radical (unpaired) electrons. The Hall–Kier alpha value is -1.40. The SMILES string of the molecule is CN(C)C(=O)c1ccc(S(=O)(=O)NC(C)(C)C)cc1. The van der Waals surface area contributed by atoms with Gasteiger partial charge in [0.15, 0.2) is 0 Å². The van der Waals surface area contributed by atoms with Crippen molar-refractivity contribution in [3.8, 4) is 0 Å². The third kappa shape index (κ3) is 4.33. The maximum absolute atomic E-state index is 12.1. The van der Waals surface area contributed by atoms with E-state index in [0.29, 0.717) is 5.56 Å². The lowest BCUT2D eigenvalue weighted by molar-refractivity contribution is 0.0827. The molecule has 5 nitrogen and oxygen atoms in total. The van der Waals surface area contributed by atoms with Crippen LogP contribution in [0.4, 0.5) is 0 Å². The Morgan fingerprint density at radius 1 is 1.11 bits per heavy atom. The van der Waals surface area contributed by atoms with Crippen molar-refractivity contribution in [3.63, 3.8) is 0 Å². The van der Waals surface area contributed by atoms with Gasteiger partial charge in [-0.25, -0.2) is 13.1 Å². The van der Waals surface area contributed by atoms with E-state index in [0.717, 1.165) is 0 Å². The first-order valence-electron chi connectivity index (χ1n) is 5.89. The maximum atomic E-state index is 12.1. The van der Waals surface area contributed by atoms with Gasteiger partial charge < -0.3 is 4.90 Å². The third-order valence-corrected chi connectivity index (χ3v) is 4.03. The topological polar surface area (TPSA) is 66.5 Å². The largest absolute Gasteiger partial charge is 0.345 e. The number of nitrogens with one attached hydrogen (secondary N) is 1. The second kappa shape index (κ2) is 5.30. The van der Waals surface area contributed by atoms with E-state index in [1.807, 2.05) is 0 Å². The number of nitrogens with zero attached hydrogens (tertiary/aromatic N) is 1. The smallest absolute Gasteiger partial charge is 0.253 e. The number of rotatable bonds is 3. The van der Waals surface area contributed by atoms with Crippen LogP contribution in [-0.2, 0) is 10.0 Å². The van der Waals surface area contributed by atoms with Crippen LogP contribution in [0.2, 0.25) is 0 Å². The van der Waals surface area contributed by atoms with Gasteiger partial charge in [0.2, 0.25) is 10.0 Å². The number of hydrogen-bond acceptors (Lipinski definition) is 3. The summed E-state index contributed by atoms with van der Waals surface area (Å²) >= 11 is 0. The van der Waals surface area contributed by atoms with Gasteiger partial charge in [0.1, 0.15) is 0 Å². The van der Waals surface area contributed by atoms with Gasteiger partial charge in [0.25, 0.3) is 5.91 Å². The van der Waals surface area contributed by atoms with Crippen LogP contribution in [0.15, 0.2) is 29.2 Å². The van der Waals surface area contributed by atoms with Crippen molar-refractivity contribution in [2.24, 2.45) is 0 Å². The average Bonchev–Trinajstić information content (AvgIpc) is 2.25. The van der Waals surface area contributed by atoms with Crippen molar-refractivity contribution in [3.05, 3.63) is 29.8 Å². The first kappa shape index (κ1) is 15.7. The number of sulfonamides is 1. The number of amides is 1. The lowest BCUT2D eigenvalue weighted by Crippen LogP contribution is -2.40. The van der Waals surface area contributed by atoms with Crippen LogP contribution in [0.3, 0.4) is 0 Å². The standard InChI is InChI=1S/C13H20N2O3S/c1-13(2,3)14-19(17,18)11-8-6-10(7-9-11)12(16)15(4)5/h6-9,14H,1-5H3. The molecule has 1 rings (SSSR count). The van der Waals surface area contributed by atoms with Crippen molar-refractivity contribution in [1.29, 1.82) is 0 Å². The molecule has 0 unspecified atom stereocenters. The van der Waals surface area contributed by atoms with Gasteiger partial charge in [-0.1, -0.05) is 0 Å². The van der Waals surface area contributed by atoms with E-state index in [9.17, 15) is 13.2 Å². The number of carbonyl (C=O) groups is 1. The molecule has 1 amide bonds. The van der Waals surface area contributed by atoms with E-state index in [1.54, 1.807) is 34.9 Å². The molecule has 0 aromatic heterocycles. The molecule has 0 saturated heterocycles. The monoisotopic (exact) mass is 284 g/mol. The zero-order chi connectivity index (χ0) is 14.8. The number of carbonyl (C=O) groups excluding carboxylic acids is 1. The fourth-order valence-corrected chi connectivity index (χ4v) is 2.92. The van der Waals surface area contributed by atoms with E-state index >= 15 is 0 Å². The first-order chi connectivity index (χ1) is 8.53. The summed E-state index contributed by atoms with van der Waals surface area (Å²) in [6, 6.07) is 5.90. The quantitative estimate of drug-likeness (QED) is 0.914. The van der Waals surface area contributed by atoms with E-state index in [1.165, 1.54) is 29.2 Å². The molecular weight excluding hydrogens is 264 g/mol.